The number of benzene rings is 2. The minimum atomic E-state index is -3.92. The first kappa shape index (κ1) is 21.0. The third-order valence-corrected chi connectivity index (χ3v) is 9.49. The molecule has 1 aliphatic rings. The molecule has 150 valence electrons. The fourth-order valence-electron chi connectivity index (χ4n) is 2.47. The van der Waals surface area contributed by atoms with E-state index in [4.69, 9.17) is 21.1 Å². The van der Waals surface area contributed by atoms with Crippen molar-refractivity contribution in [1.82, 2.24) is 5.32 Å². The van der Waals surface area contributed by atoms with Gasteiger partial charge in [0.2, 0.25) is 5.29 Å². The molecule has 0 radical (unpaired) electrons. The van der Waals surface area contributed by atoms with Gasteiger partial charge in [0, 0.05) is 17.4 Å². The van der Waals surface area contributed by atoms with E-state index >= 15 is 0 Å². The highest BCUT2D eigenvalue weighted by Crippen LogP contribution is 2.63. The quantitative estimate of drug-likeness (QED) is 0.594. The number of nitrogens with zero attached hydrogens (tertiary/aromatic N) is 2. The number of sulfonamides is 1. The fraction of sp³-hybridized carbons (Fsp3) is 0.176. The number of amidine groups is 2. The highest BCUT2D eigenvalue weighted by molar-refractivity contribution is 9.60. The Balaban J connectivity index is 1.99. The second-order valence-corrected chi connectivity index (χ2v) is 12.9. The summed E-state index contributed by atoms with van der Waals surface area (Å²) in [5, 5.41) is 2.98. The Kier molecular flexibility index (Phi) is 6.23. The van der Waals surface area contributed by atoms with E-state index in [0.29, 0.717) is 17.3 Å². The van der Waals surface area contributed by atoms with Gasteiger partial charge >= 0.3 is 0 Å². The molecule has 7 nitrogen and oxygen atoms in total. The Hall–Kier alpha value is -1.75. The lowest BCUT2D eigenvalue weighted by molar-refractivity contribution is 0.392. The van der Waals surface area contributed by atoms with E-state index < -0.39 is 18.7 Å². The molecule has 28 heavy (non-hydrogen) atoms. The number of hydrogen-bond acceptors (Lipinski definition) is 5. The maximum Gasteiger partial charge on any atom is 0.284 e. The molecular formula is C17H17BrClN3O4S2. The van der Waals surface area contributed by atoms with Crippen LogP contribution in [-0.4, -0.2) is 33.1 Å². The molecule has 0 fully saturated rings. The lowest BCUT2D eigenvalue weighted by Crippen LogP contribution is -2.23. The predicted molar refractivity (Wildman–Crippen MR) is 117 cm³/mol. The summed E-state index contributed by atoms with van der Waals surface area (Å²) in [6.07, 6.45) is 0. The zero-order chi connectivity index (χ0) is 20.4. The van der Waals surface area contributed by atoms with Crippen molar-refractivity contribution in [2.45, 2.75) is 10.6 Å². The van der Waals surface area contributed by atoms with Crippen LogP contribution in [0.3, 0.4) is 0 Å². The van der Waals surface area contributed by atoms with Crippen molar-refractivity contribution in [1.29, 1.82) is 0 Å². The predicted octanol–water partition coefficient (Wildman–Crippen LogP) is 4.18. The minimum Gasteiger partial charge on any atom is -0.497 e. The van der Waals surface area contributed by atoms with Gasteiger partial charge in [0.15, 0.2) is 5.17 Å². The van der Waals surface area contributed by atoms with E-state index in [1.165, 1.54) is 12.1 Å². The molecule has 1 heterocycles. The molecule has 0 spiro atoms. The summed E-state index contributed by atoms with van der Waals surface area (Å²) in [5.41, 5.74) is 0.803. The van der Waals surface area contributed by atoms with Crippen LogP contribution in [0, 0.1) is 0 Å². The smallest absolute Gasteiger partial charge is 0.284 e. The minimum absolute atomic E-state index is 0.0707. The number of hydrogen-bond donors (Lipinski definition) is 1. The second kappa shape index (κ2) is 8.32. The SMILES string of the molecule is COc1ccc(CS2(Br)N=C(Cl)N/C2=N\S(=O)(=O)c2ccccc2)c(OC)c1. The zero-order valence-electron chi connectivity index (χ0n) is 14.9. The van der Waals surface area contributed by atoms with Crippen LogP contribution in [0.5, 0.6) is 11.5 Å². The van der Waals surface area contributed by atoms with Gasteiger partial charge in [0.25, 0.3) is 10.0 Å². The van der Waals surface area contributed by atoms with Crippen molar-refractivity contribution in [3.63, 3.8) is 0 Å². The largest absolute Gasteiger partial charge is 0.497 e. The number of rotatable bonds is 6. The first-order valence-corrected chi connectivity index (χ1v) is 13.3. The van der Waals surface area contributed by atoms with Gasteiger partial charge < -0.3 is 14.8 Å². The van der Waals surface area contributed by atoms with E-state index in [9.17, 15) is 8.42 Å². The summed E-state index contributed by atoms with van der Waals surface area (Å²) >= 11 is 9.64. The van der Waals surface area contributed by atoms with Crippen molar-refractivity contribution in [3.05, 3.63) is 54.1 Å². The van der Waals surface area contributed by atoms with Crippen molar-refractivity contribution in [2.24, 2.45) is 8.80 Å². The van der Waals surface area contributed by atoms with E-state index in [2.05, 4.69) is 28.9 Å². The van der Waals surface area contributed by atoms with Gasteiger partial charge in [-0.2, -0.15) is 12.8 Å². The molecule has 11 heteroatoms. The Morgan fingerprint density at radius 2 is 1.89 bits per heavy atom. The fourth-order valence-corrected chi connectivity index (χ4v) is 8.28. The molecule has 0 bridgehead atoms. The third kappa shape index (κ3) is 4.45. The van der Waals surface area contributed by atoms with Gasteiger partial charge in [0.05, 0.1) is 19.1 Å². The molecule has 2 aromatic rings. The highest BCUT2D eigenvalue weighted by atomic mass is 79.9. The molecule has 0 aromatic heterocycles. The van der Waals surface area contributed by atoms with Gasteiger partial charge in [-0.15, -0.1) is 4.40 Å². The average Bonchev–Trinajstić information content (AvgIpc) is 2.95. The monoisotopic (exact) mass is 505 g/mol. The first-order chi connectivity index (χ1) is 13.3. The summed E-state index contributed by atoms with van der Waals surface area (Å²) < 4.78 is 44.3. The van der Waals surface area contributed by atoms with Gasteiger partial charge in [-0.3, -0.25) is 0 Å². The Morgan fingerprint density at radius 3 is 2.54 bits per heavy atom. The van der Waals surface area contributed by atoms with Crippen molar-refractivity contribution in [3.8, 4) is 11.5 Å². The van der Waals surface area contributed by atoms with Gasteiger partial charge in [-0.1, -0.05) is 24.3 Å². The Bertz CT molecular complexity index is 1050. The molecule has 0 aliphatic carbocycles. The molecule has 1 N–H and O–H groups in total. The lowest BCUT2D eigenvalue weighted by Gasteiger charge is -2.25. The first-order valence-electron chi connectivity index (χ1n) is 7.91. The van der Waals surface area contributed by atoms with E-state index in [0.717, 1.165) is 5.56 Å². The molecule has 3 rings (SSSR count). The summed E-state index contributed by atoms with van der Waals surface area (Å²) in [6.45, 7) is 0. The summed E-state index contributed by atoms with van der Waals surface area (Å²) in [7, 11) is -3.04. The lowest BCUT2D eigenvalue weighted by atomic mass is 10.2. The second-order valence-electron chi connectivity index (χ2n) is 5.63. The topological polar surface area (TPSA) is 89.4 Å². The van der Waals surface area contributed by atoms with Crippen LogP contribution in [0.2, 0.25) is 0 Å². The maximum absolute atomic E-state index is 12.7. The Morgan fingerprint density at radius 1 is 1.18 bits per heavy atom. The van der Waals surface area contributed by atoms with E-state index in [1.54, 1.807) is 44.6 Å². The molecule has 1 atom stereocenters. The van der Waals surface area contributed by atoms with Crippen LogP contribution in [0.15, 0.2) is 62.2 Å². The summed E-state index contributed by atoms with van der Waals surface area (Å²) in [4.78, 5) is 0.0867. The number of ether oxygens (including phenoxy) is 2. The summed E-state index contributed by atoms with van der Waals surface area (Å²) in [6, 6.07) is 13.3. The van der Waals surface area contributed by atoms with E-state index in [1.807, 2.05) is 6.07 Å². The van der Waals surface area contributed by atoms with Crippen LogP contribution in [0.25, 0.3) is 0 Å². The van der Waals surface area contributed by atoms with Gasteiger partial charge in [-0.05, 0) is 53.3 Å². The standard InChI is InChI=1S/C17H17BrClN3O4S2/c1-25-13-9-8-12(15(10-13)26-2)11-27(18)17(20-16(19)21-27)22-28(23,24)14-6-4-3-5-7-14/h3-10H,11H2,1-2H3,(H,20,21,22). The number of nitrogens with one attached hydrogen (secondary N) is 1. The molecule has 0 saturated heterocycles. The number of methoxy groups -OCH3 is 2. The third-order valence-electron chi connectivity index (χ3n) is 3.82. The van der Waals surface area contributed by atoms with E-state index in [-0.39, 0.29) is 15.4 Å². The average molecular weight is 507 g/mol. The summed E-state index contributed by atoms with van der Waals surface area (Å²) in [5.74, 6) is 1.56. The normalized spacial score (nSPS) is 22.9. The van der Waals surface area contributed by atoms with Crippen LogP contribution in [-0.2, 0) is 15.8 Å². The van der Waals surface area contributed by atoms with Crippen LogP contribution < -0.4 is 14.8 Å². The van der Waals surface area contributed by atoms with Crippen LogP contribution in [0.1, 0.15) is 5.56 Å². The molecule has 2 aromatic carbocycles. The molecular weight excluding hydrogens is 490 g/mol. The maximum atomic E-state index is 12.7. The van der Waals surface area contributed by atoms with Crippen molar-refractivity contribution >= 4 is 55.5 Å². The van der Waals surface area contributed by atoms with Gasteiger partial charge in [-0.25, -0.2) is 0 Å². The molecule has 0 saturated carbocycles. The van der Waals surface area contributed by atoms with Crippen LogP contribution >= 0.6 is 35.1 Å². The highest BCUT2D eigenvalue weighted by Gasteiger charge is 2.37. The van der Waals surface area contributed by atoms with Gasteiger partial charge in [0.1, 0.15) is 11.5 Å². The molecule has 0 amide bonds. The van der Waals surface area contributed by atoms with Crippen molar-refractivity contribution in [2.75, 3.05) is 14.2 Å². The van der Waals surface area contributed by atoms with Crippen LogP contribution in [0.4, 0.5) is 0 Å². The molecule has 1 unspecified atom stereocenters. The Labute approximate surface area is 177 Å². The van der Waals surface area contributed by atoms with Crippen molar-refractivity contribution < 1.29 is 17.9 Å². The zero-order valence-corrected chi connectivity index (χ0v) is 18.9. The number of halogens is 2. The molecule has 1 aliphatic heterocycles.